The molecule has 0 radical (unpaired) electrons. The molecule has 6 nitrogen and oxygen atoms in total. The fraction of sp³-hybridized carbons (Fsp3) is 0.833. The number of methoxy groups -OCH3 is 1. The highest BCUT2D eigenvalue weighted by Crippen LogP contribution is 2.23. The molecule has 0 bridgehead atoms. The van der Waals surface area contributed by atoms with Crippen molar-refractivity contribution >= 4 is 12.0 Å². The SMILES string of the molecule is COC(CNC(=O)N1CCCC1C(C)C)C(=O)O. The van der Waals surface area contributed by atoms with Crippen LogP contribution in [0.4, 0.5) is 4.79 Å². The average molecular weight is 258 g/mol. The monoisotopic (exact) mass is 258 g/mol. The van der Waals surface area contributed by atoms with Crippen LogP contribution < -0.4 is 5.32 Å². The van der Waals surface area contributed by atoms with Gasteiger partial charge in [-0.25, -0.2) is 9.59 Å². The molecular formula is C12H22N2O4. The van der Waals surface area contributed by atoms with Gasteiger partial charge in [0.15, 0.2) is 6.10 Å². The number of nitrogens with one attached hydrogen (secondary N) is 1. The number of carboxylic acids is 1. The zero-order chi connectivity index (χ0) is 13.7. The van der Waals surface area contributed by atoms with E-state index in [1.807, 2.05) is 0 Å². The summed E-state index contributed by atoms with van der Waals surface area (Å²) in [7, 11) is 1.32. The second-order valence-electron chi connectivity index (χ2n) is 4.90. The topological polar surface area (TPSA) is 78.9 Å². The number of hydrogen-bond donors (Lipinski definition) is 2. The van der Waals surface area contributed by atoms with Crippen molar-refractivity contribution in [2.45, 2.75) is 38.8 Å². The van der Waals surface area contributed by atoms with E-state index in [4.69, 9.17) is 9.84 Å². The molecular weight excluding hydrogens is 236 g/mol. The highest BCUT2D eigenvalue weighted by molar-refractivity contribution is 5.77. The maximum absolute atomic E-state index is 12.0. The lowest BCUT2D eigenvalue weighted by molar-refractivity contribution is -0.148. The summed E-state index contributed by atoms with van der Waals surface area (Å²) in [5, 5.41) is 11.4. The van der Waals surface area contributed by atoms with Crippen molar-refractivity contribution in [1.82, 2.24) is 10.2 Å². The number of rotatable bonds is 5. The summed E-state index contributed by atoms with van der Waals surface area (Å²) < 4.78 is 4.77. The minimum Gasteiger partial charge on any atom is -0.479 e. The van der Waals surface area contributed by atoms with Gasteiger partial charge in [0.25, 0.3) is 0 Å². The lowest BCUT2D eigenvalue weighted by atomic mass is 10.0. The Labute approximate surface area is 107 Å². The lowest BCUT2D eigenvalue weighted by Gasteiger charge is -2.28. The summed E-state index contributed by atoms with van der Waals surface area (Å²) in [6, 6.07) is 0.0466. The normalized spacial score (nSPS) is 21.1. The van der Waals surface area contributed by atoms with Crippen molar-refractivity contribution in [2.75, 3.05) is 20.2 Å². The van der Waals surface area contributed by atoms with Crippen molar-refractivity contribution in [3.63, 3.8) is 0 Å². The van der Waals surface area contributed by atoms with Crippen molar-refractivity contribution in [2.24, 2.45) is 5.92 Å². The van der Waals surface area contributed by atoms with Gasteiger partial charge in [-0.2, -0.15) is 0 Å². The summed E-state index contributed by atoms with van der Waals surface area (Å²) >= 11 is 0. The molecule has 1 aliphatic heterocycles. The zero-order valence-corrected chi connectivity index (χ0v) is 11.2. The molecule has 1 rings (SSSR count). The van der Waals surface area contributed by atoms with Crippen LogP contribution in [0.2, 0.25) is 0 Å². The third kappa shape index (κ3) is 3.60. The molecule has 2 amide bonds. The number of likely N-dealkylation sites (tertiary alicyclic amines) is 1. The van der Waals surface area contributed by atoms with Gasteiger partial charge in [0.2, 0.25) is 0 Å². The number of hydrogen-bond acceptors (Lipinski definition) is 3. The first kappa shape index (κ1) is 14.8. The van der Waals surface area contributed by atoms with Crippen molar-refractivity contribution < 1.29 is 19.4 Å². The maximum atomic E-state index is 12.0. The fourth-order valence-corrected chi connectivity index (χ4v) is 2.29. The molecule has 0 aromatic heterocycles. The molecule has 0 aromatic rings. The summed E-state index contributed by atoms with van der Waals surface area (Å²) in [5.41, 5.74) is 0. The second-order valence-corrected chi connectivity index (χ2v) is 4.90. The first-order valence-corrected chi connectivity index (χ1v) is 6.27. The van der Waals surface area contributed by atoms with E-state index in [1.165, 1.54) is 7.11 Å². The first-order valence-electron chi connectivity index (χ1n) is 6.27. The van der Waals surface area contributed by atoms with Gasteiger partial charge in [0, 0.05) is 19.7 Å². The number of carboxylic acid groups (broad SMARTS) is 1. The number of ether oxygens (including phenoxy) is 1. The molecule has 2 unspecified atom stereocenters. The number of carbonyl (C=O) groups is 2. The van der Waals surface area contributed by atoms with Gasteiger partial charge in [-0.1, -0.05) is 13.8 Å². The summed E-state index contributed by atoms with van der Waals surface area (Å²) in [4.78, 5) is 24.5. The molecule has 1 aliphatic rings. The predicted octanol–water partition coefficient (Wildman–Crippen LogP) is 0.916. The smallest absolute Gasteiger partial charge is 0.334 e. The Morgan fingerprint density at radius 1 is 1.50 bits per heavy atom. The number of urea groups is 1. The Hall–Kier alpha value is -1.30. The Morgan fingerprint density at radius 3 is 2.67 bits per heavy atom. The number of carbonyl (C=O) groups excluding carboxylic acids is 1. The van der Waals surface area contributed by atoms with E-state index in [1.54, 1.807) is 4.90 Å². The largest absolute Gasteiger partial charge is 0.479 e. The van der Waals surface area contributed by atoms with Crippen LogP contribution in [-0.2, 0) is 9.53 Å². The standard InChI is InChI=1S/C12H22N2O4/c1-8(2)9-5-4-6-14(9)12(17)13-7-10(18-3)11(15)16/h8-10H,4-7H2,1-3H3,(H,13,17)(H,15,16). The molecule has 2 N–H and O–H groups in total. The van der Waals surface area contributed by atoms with Crippen molar-refractivity contribution in [3.8, 4) is 0 Å². The van der Waals surface area contributed by atoms with Crippen LogP contribution in [0.1, 0.15) is 26.7 Å². The summed E-state index contributed by atoms with van der Waals surface area (Å²) in [5.74, 6) is -0.657. The Bertz CT molecular complexity index is 306. The van der Waals surface area contributed by atoms with Gasteiger partial charge in [-0.15, -0.1) is 0 Å². The molecule has 18 heavy (non-hydrogen) atoms. The van der Waals surface area contributed by atoms with E-state index < -0.39 is 12.1 Å². The number of amides is 2. The number of nitrogens with zero attached hydrogens (tertiary/aromatic N) is 1. The third-order valence-electron chi connectivity index (χ3n) is 3.33. The van der Waals surface area contributed by atoms with Gasteiger partial charge in [-0.3, -0.25) is 0 Å². The zero-order valence-electron chi connectivity index (χ0n) is 11.2. The molecule has 0 aliphatic carbocycles. The van der Waals surface area contributed by atoms with Gasteiger partial charge < -0.3 is 20.1 Å². The van der Waals surface area contributed by atoms with Crippen LogP contribution in [-0.4, -0.2) is 54.4 Å². The van der Waals surface area contributed by atoms with E-state index in [2.05, 4.69) is 19.2 Å². The van der Waals surface area contributed by atoms with Crippen molar-refractivity contribution in [3.05, 3.63) is 0 Å². The van der Waals surface area contributed by atoms with Crippen molar-refractivity contribution in [1.29, 1.82) is 0 Å². The van der Waals surface area contributed by atoms with Crippen LogP contribution in [0, 0.1) is 5.92 Å². The fourth-order valence-electron chi connectivity index (χ4n) is 2.29. The molecule has 0 aromatic carbocycles. The minimum atomic E-state index is -1.07. The van der Waals surface area contributed by atoms with Gasteiger partial charge in [0.05, 0.1) is 6.54 Å². The van der Waals surface area contributed by atoms with Crippen LogP contribution in [0.5, 0.6) is 0 Å². The summed E-state index contributed by atoms with van der Waals surface area (Å²) in [6.07, 6.45) is 1.02. The lowest BCUT2D eigenvalue weighted by Crippen LogP contribution is -2.48. The Morgan fingerprint density at radius 2 is 2.17 bits per heavy atom. The van der Waals surface area contributed by atoms with E-state index >= 15 is 0 Å². The molecule has 1 saturated heterocycles. The van der Waals surface area contributed by atoms with Crippen LogP contribution in [0.15, 0.2) is 0 Å². The molecule has 1 heterocycles. The highest BCUT2D eigenvalue weighted by Gasteiger charge is 2.31. The van der Waals surface area contributed by atoms with Crippen LogP contribution in [0.3, 0.4) is 0 Å². The van der Waals surface area contributed by atoms with Crippen LogP contribution >= 0.6 is 0 Å². The molecule has 2 atom stereocenters. The van der Waals surface area contributed by atoms with E-state index in [-0.39, 0.29) is 18.6 Å². The average Bonchev–Trinajstić information content (AvgIpc) is 2.78. The third-order valence-corrected chi connectivity index (χ3v) is 3.33. The van der Waals surface area contributed by atoms with Gasteiger partial charge in [0.1, 0.15) is 0 Å². The first-order chi connectivity index (χ1) is 8.47. The van der Waals surface area contributed by atoms with Crippen LogP contribution in [0.25, 0.3) is 0 Å². The van der Waals surface area contributed by atoms with E-state index in [0.717, 1.165) is 19.4 Å². The molecule has 6 heteroatoms. The van der Waals surface area contributed by atoms with E-state index in [9.17, 15) is 9.59 Å². The van der Waals surface area contributed by atoms with Gasteiger partial charge >= 0.3 is 12.0 Å². The molecule has 1 fully saturated rings. The quantitative estimate of drug-likeness (QED) is 0.768. The predicted molar refractivity (Wildman–Crippen MR) is 66.4 cm³/mol. The molecule has 0 spiro atoms. The Balaban J connectivity index is 2.47. The second kappa shape index (κ2) is 6.58. The molecule has 104 valence electrons. The van der Waals surface area contributed by atoms with Gasteiger partial charge in [-0.05, 0) is 18.8 Å². The molecule has 0 saturated carbocycles. The number of aliphatic carboxylic acids is 1. The Kier molecular flexibility index (Phi) is 5.40. The minimum absolute atomic E-state index is 0.00795. The maximum Gasteiger partial charge on any atom is 0.334 e. The highest BCUT2D eigenvalue weighted by atomic mass is 16.5. The summed E-state index contributed by atoms with van der Waals surface area (Å²) in [6.45, 7) is 4.91. The van der Waals surface area contributed by atoms with E-state index in [0.29, 0.717) is 5.92 Å².